The van der Waals surface area contributed by atoms with E-state index in [-0.39, 0.29) is 122 Å². The molecule has 6 aromatic rings. The van der Waals surface area contributed by atoms with Gasteiger partial charge in [-0.05, 0) is 96.2 Å². The van der Waals surface area contributed by atoms with Crippen molar-refractivity contribution in [3.05, 3.63) is 94.4 Å². The third-order valence-corrected chi connectivity index (χ3v) is 13.3. The Morgan fingerprint density at radius 1 is 0.694 bits per heavy atom. The van der Waals surface area contributed by atoms with Gasteiger partial charge in [-0.2, -0.15) is 50.4 Å². The zero-order chi connectivity index (χ0) is 51.8. The van der Waals surface area contributed by atoms with Crippen LogP contribution in [0.1, 0.15) is 21.5 Å². The molecule has 72 heavy (non-hydrogen) atoms. The summed E-state index contributed by atoms with van der Waals surface area (Å²) < 4.78 is 148. The van der Waals surface area contributed by atoms with Crippen LogP contribution in [-0.2, 0) is 40.5 Å². The zero-order valence-corrected chi connectivity index (χ0v) is 42.6. The molecule has 1 heterocycles. The summed E-state index contributed by atoms with van der Waals surface area (Å²) in [5.74, 6) is -1.95. The number of methoxy groups -OCH3 is 2. The van der Waals surface area contributed by atoms with Gasteiger partial charge in [0.05, 0.1) is 63.6 Å². The summed E-state index contributed by atoms with van der Waals surface area (Å²) in [4.78, 5) is 23.6. The summed E-state index contributed by atoms with van der Waals surface area (Å²) in [6, 6.07) is 13.2. The van der Waals surface area contributed by atoms with E-state index < -0.39 is 77.3 Å². The Balaban J connectivity index is 0.00000847. The summed E-state index contributed by atoms with van der Waals surface area (Å²) >= 11 is 0. The number of carbonyl (C=O) groups is 1. The number of benzene rings is 5. The maximum atomic E-state index is 13.7. The SMILES string of the molecule is COc1ccc(S(=O)(=O)O)cc1N/N=C1/C(=O)c2ccc(Nc3nc(NCCO)nc(Nc4cc(C)c(N=Nc5cc(S(=O)(=O)O)cc6cc(S(=O)(=O)[O-])cc(O)c56)cc4OC)n3)cc2C=C1S(=O)(=O)O.[Na+]. The first kappa shape index (κ1) is 54.6. The molecule has 7 rings (SSSR count). The molecule has 0 saturated carbocycles. The Hall–Kier alpha value is -6.75. The molecule has 0 amide bonds. The summed E-state index contributed by atoms with van der Waals surface area (Å²) in [5.41, 5.74) is 1.88. The van der Waals surface area contributed by atoms with E-state index in [4.69, 9.17) is 9.47 Å². The number of aromatic hydroxyl groups is 1. The van der Waals surface area contributed by atoms with E-state index in [0.29, 0.717) is 11.6 Å². The fourth-order valence-electron chi connectivity index (χ4n) is 6.70. The normalized spacial score (nSPS) is 13.6. The summed E-state index contributed by atoms with van der Waals surface area (Å²) in [6.45, 7) is 1.26. The molecule has 0 unspecified atom stereocenters. The van der Waals surface area contributed by atoms with Gasteiger partial charge in [-0.15, -0.1) is 5.11 Å². The van der Waals surface area contributed by atoms with E-state index in [1.807, 2.05) is 0 Å². The minimum atomic E-state index is -5.15. The van der Waals surface area contributed by atoms with Gasteiger partial charge >= 0.3 is 29.6 Å². The molecule has 0 bridgehead atoms. The molecule has 0 saturated heterocycles. The largest absolute Gasteiger partial charge is 1.00 e. The van der Waals surface area contributed by atoms with Crippen LogP contribution in [0.25, 0.3) is 16.8 Å². The van der Waals surface area contributed by atoms with Gasteiger partial charge in [-0.1, -0.05) is 0 Å². The molecular weight excluding hydrogens is 1040 g/mol. The standard InChI is InChI=1S/C40H36N10O17S4.Na/c1-19-10-28(33(67-3)18-27(19)47-49-30-16-24(69(57,58)59)12-21-13-25(70(60,61)62)17-31(52)35(21)30)43-40-45-38(41-8-9-51)44-39(46-40)42-22-4-6-26-20(11-22)14-34(71(63,64)65)36(37(26)53)50-48-29-15-23(68(54,55)56)5-7-32(29)66-2;/h4-7,10-18,48,51-52H,8-9H2,1-3H3,(H,54,55,56)(H,57,58,59)(H,60,61,62)(H,63,64,65)(H3,41,42,43,44,45,46);/q;+1/p-1/b49-47?,50-36+;. The fraction of sp³-hybridized carbons (Fsp3) is 0.125. The molecule has 9 N–H and O–H groups in total. The Morgan fingerprint density at radius 2 is 1.33 bits per heavy atom. The third-order valence-electron chi connectivity index (χ3n) is 9.92. The van der Waals surface area contributed by atoms with E-state index in [2.05, 4.69) is 51.7 Å². The minimum absolute atomic E-state index is 0. The number of fused-ring (bicyclic) bond motifs is 2. The van der Waals surface area contributed by atoms with Crippen molar-refractivity contribution in [2.75, 3.05) is 48.7 Å². The number of anilines is 6. The first-order chi connectivity index (χ1) is 33.3. The molecular formula is C40H35N10NaO17S4. The molecule has 5 aromatic carbocycles. The first-order valence-corrected chi connectivity index (χ1v) is 25.4. The number of rotatable bonds is 17. The molecule has 0 radical (unpaired) electrons. The van der Waals surface area contributed by atoms with Crippen LogP contribution in [0.2, 0.25) is 0 Å². The number of aromatic nitrogens is 3. The second-order valence-corrected chi connectivity index (χ2v) is 20.3. The van der Waals surface area contributed by atoms with E-state index in [0.717, 1.165) is 42.5 Å². The predicted octanol–water partition coefficient (Wildman–Crippen LogP) is 1.66. The number of hydrogen-bond donors (Lipinski definition) is 9. The number of aliphatic hydroxyl groups excluding tert-OH is 1. The monoisotopic (exact) mass is 1080 g/mol. The van der Waals surface area contributed by atoms with E-state index in [9.17, 15) is 66.9 Å². The number of aryl methyl sites for hydroxylation is 1. The van der Waals surface area contributed by atoms with Gasteiger partial charge in [0.15, 0.2) is 5.71 Å². The van der Waals surface area contributed by atoms with E-state index in [1.54, 1.807) is 6.92 Å². The summed E-state index contributed by atoms with van der Waals surface area (Å²) in [6.07, 6.45) is 0.957. The number of hydrogen-bond acceptors (Lipinski definition) is 24. The Bertz CT molecular complexity index is 3760. The van der Waals surface area contributed by atoms with Crippen molar-refractivity contribution in [1.82, 2.24) is 15.0 Å². The molecule has 1 aromatic heterocycles. The van der Waals surface area contributed by atoms with Crippen LogP contribution in [0.15, 0.2) is 108 Å². The van der Waals surface area contributed by atoms with Crippen molar-refractivity contribution >= 4 is 115 Å². The van der Waals surface area contributed by atoms with Crippen LogP contribution < -0.4 is 60.4 Å². The number of phenolic OH excluding ortho intramolecular Hbond substituents is 1. The van der Waals surface area contributed by atoms with Gasteiger partial charge in [0.2, 0.25) is 23.6 Å². The van der Waals surface area contributed by atoms with Crippen LogP contribution in [0, 0.1) is 6.92 Å². The number of phenols is 1. The number of allylic oxidation sites excluding steroid dienone is 1. The number of nitrogens with one attached hydrogen (secondary N) is 4. The number of hydrazone groups is 1. The van der Waals surface area contributed by atoms with Gasteiger partial charge in [-0.3, -0.25) is 23.9 Å². The second kappa shape index (κ2) is 21.1. The molecule has 372 valence electrons. The third kappa shape index (κ3) is 12.3. The number of azo groups is 1. The van der Waals surface area contributed by atoms with Gasteiger partial charge < -0.3 is 40.2 Å². The Morgan fingerprint density at radius 3 is 1.96 bits per heavy atom. The summed E-state index contributed by atoms with van der Waals surface area (Å²) in [5, 5.41) is 40.5. The maximum Gasteiger partial charge on any atom is 1.00 e. The number of ether oxygens (including phenoxy) is 2. The van der Waals surface area contributed by atoms with E-state index >= 15 is 0 Å². The molecule has 32 heteroatoms. The van der Waals surface area contributed by atoms with Crippen molar-refractivity contribution in [2.24, 2.45) is 15.3 Å². The quantitative estimate of drug-likeness (QED) is 0.0271. The van der Waals surface area contributed by atoms with Gasteiger partial charge in [0.25, 0.3) is 30.4 Å². The van der Waals surface area contributed by atoms with Crippen LogP contribution in [0.4, 0.5) is 46.3 Å². The van der Waals surface area contributed by atoms with Crippen molar-refractivity contribution in [1.29, 1.82) is 0 Å². The Labute approximate surface area is 430 Å². The molecule has 0 spiro atoms. The molecule has 1 aliphatic rings. The number of ketones is 1. The maximum absolute atomic E-state index is 13.7. The zero-order valence-electron chi connectivity index (χ0n) is 37.4. The van der Waals surface area contributed by atoms with Gasteiger partial charge in [0.1, 0.15) is 32.3 Å². The van der Waals surface area contributed by atoms with E-state index in [1.165, 1.54) is 44.6 Å². The molecule has 1 aliphatic carbocycles. The molecule has 0 fully saturated rings. The Kier molecular flexibility index (Phi) is 16.0. The molecule has 27 nitrogen and oxygen atoms in total. The first-order valence-electron chi connectivity index (χ1n) is 19.6. The average Bonchev–Trinajstić information content (AvgIpc) is 3.28. The van der Waals surface area contributed by atoms with Crippen LogP contribution in [0.5, 0.6) is 17.2 Å². The number of nitrogens with zero attached hydrogens (tertiary/aromatic N) is 6. The second-order valence-electron chi connectivity index (χ2n) is 14.7. The van der Waals surface area contributed by atoms with Crippen molar-refractivity contribution in [2.45, 2.75) is 21.6 Å². The fourth-order valence-corrected chi connectivity index (χ4v) is 8.93. The number of Topliss-reactive ketones (excluding diaryl/α,β-unsaturated/α-hetero) is 1. The van der Waals surface area contributed by atoms with Crippen molar-refractivity contribution in [3.63, 3.8) is 0 Å². The predicted molar refractivity (Wildman–Crippen MR) is 251 cm³/mol. The topological polar surface area (TPSA) is 420 Å². The summed E-state index contributed by atoms with van der Waals surface area (Å²) in [7, 11) is -17.3. The van der Waals surface area contributed by atoms with Crippen LogP contribution >= 0.6 is 0 Å². The van der Waals surface area contributed by atoms with Gasteiger partial charge in [-0.25, -0.2) is 8.42 Å². The van der Waals surface area contributed by atoms with Crippen molar-refractivity contribution in [3.8, 4) is 17.2 Å². The van der Waals surface area contributed by atoms with Crippen molar-refractivity contribution < 1.29 is 106 Å². The minimum Gasteiger partial charge on any atom is -0.744 e. The van der Waals surface area contributed by atoms with Crippen LogP contribution in [0.3, 0.4) is 0 Å². The molecule has 0 atom stereocenters. The molecule has 0 aliphatic heterocycles. The smallest absolute Gasteiger partial charge is 0.744 e. The van der Waals surface area contributed by atoms with Crippen LogP contribution in [-0.4, -0.2) is 116 Å². The average molecular weight is 1080 g/mol. The number of aliphatic hydroxyl groups is 1. The number of carbonyl (C=O) groups excluding carboxylic acids is 1. The van der Waals surface area contributed by atoms with Gasteiger partial charge in [0, 0.05) is 23.9 Å².